The Bertz CT molecular complexity index is 893. The molecule has 0 saturated carbocycles. The van der Waals surface area contributed by atoms with Crippen molar-refractivity contribution < 1.29 is 9.67 Å². The first kappa shape index (κ1) is 17.3. The second kappa shape index (κ2) is 7.58. The van der Waals surface area contributed by atoms with Gasteiger partial charge in [-0.1, -0.05) is 60.7 Å². The molecule has 25 heavy (non-hydrogen) atoms. The summed E-state index contributed by atoms with van der Waals surface area (Å²) in [6.07, 6.45) is 0.359. The minimum absolute atomic E-state index is 0.0793. The molecule has 3 nitrogen and oxygen atoms in total. The molecule has 3 aromatic carbocycles. The molecule has 128 valence electrons. The van der Waals surface area contributed by atoms with E-state index in [1.165, 1.54) is 0 Å². The number of para-hydroxylation sites is 2. The Kier molecular flexibility index (Phi) is 5.25. The molecule has 0 fully saturated rings. The van der Waals surface area contributed by atoms with Crippen molar-refractivity contribution in [2.24, 2.45) is 0 Å². The van der Waals surface area contributed by atoms with Gasteiger partial charge in [-0.15, -0.1) is 0 Å². The molecule has 4 heteroatoms. The van der Waals surface area contributed by atoms with Gasteiger partial charge in [-0.3, -0.25) is 0 Å². The van der Waals surface area contributed by atoms with Crippen LogP contribution in [-0.4, -0.2) is 11.7 Å². The van der Waals surface area contributed by atoms with E-state index in [9.17, 15) is 9.67 Å². The van der Waals surface area contributed by atoms with Gasteiger partial charge in [-0.05, 0) is 30.7 Å². The number of phenolic OH excluding ortho intramolecular Hbond substituents is 1. The van der Waals surface area contributed by atoms with Gasteiger partial charge in [-0.25, -0.2) is 0 Å². The number of rotatable bonds is 6. The fraction of sp³-hybridized carbons (Fsp3) is 0.143. The number of benzene rings is 3. The smallest absolute Gasteiger partial charge is 0.151 e. The van der Waals surface area contributed by atoms with Crippen molar-refractivity contribution >= 4 is 23.4 Å². The Morgan fingerprint density at radius 1 is 0.880 bits per heavy atom. The first-order valence-corrected chi connectivity index (χ1v) is 10.3. The largest absolute Gasteiger partial charge is 0.507 e. The molecule has 0 aromatic heterocycles. The lowest BCUT2D eigenvalue weighted by atomic mass is 10.2. The van der Waals surface area contributed by atoms with Crippen LogP contribution in [-0.2, 0) is 10.7 Å². The first-order chi connectivity index (χ1) is 12.1. The minimum Gasteiger partial charge on any atom is -0.507 e. The highest BCUT2D eigenvalue weighted by molar-refractivity contribution is 7.78. The molecule has 0 aliphatic heterocycles. The van der Waals surface area contributed by atoms with Gasteiger partial charge < -0.3 is 15.0 Å². The molecule has 0 heterocycles. The van der Waals surface area contributed by atoms with Gasteiger partial charge in [-0.2, -0.15) is 0 Å². The summed E-state index contributed by atoms with van der Waals surface area (Å²) >= 11 is 0. The first-order valence-electron chi connectivity index (χ1n) is 8.40. The normalized spacial score (nSPS) is 13.2. The molecule has 0 aliphatic carbocycles. The number of aromatic hydroxyl groups is 1. The van der Waals surface area contributed by atoms with Crippen LogP contribution in [0.15, 0.2) is 78.9 Å². The summed E-state index contributed by atoms with van der Waals surface area (Å²) in [6, 6.07) is 24.3. The summed E-state index contributed by atoms with van der Waals surface area (Å²) in [6.45, 7) is 2.83. The zero-order valence-electron chi connectivity index (χ0n) is 14.2. The maximum Gasteiger partial charge on any atom is 0.151 e. The van der Waals surface area contributed by atoms with Gasteiger partial charge in [0.1, 0.15) is 5.75 Å². The van der Waals surface area contributed by atoms with Gasteiger partial charge in [0.15, 0.2) is 7.14 Å². The predicted molar refractivity (Wildman–Crippen MR) is 106 cm³/mol. The number of phenols is 1. The summed E-state index contributed by atoms with van der Waals surface area (Å²) in [4.78, 5) is 0. The molecular formula is C21H22NO2P. The predicted octanol–water partition coefficient (Wildman–Crippen LogP) is 4.34. The molecule has 1 atom stereocenters. The fourth-order valence-corrected chi connectivity index (χ4v) is 5.83. The average molecular weight is 351 g/mol. The third kappa shape index (κ3) is 3.62. The standard InChI is InChI=1S/C21H22NO2P/c1-2-22-19-13-7-6-10-17(19)16-25(24,18-11-4-3-5-12-18)21-15-9-8-14-20(21)23/h3-15,22-23H,2,16H2,1H3/t25-/m1/s1. The zero-order valence-corrected chi connectivity index (χ0v) is 15.1. The van der Waals surface area contributed by atoms with E-state index in [1.54, 1.807) is 18.2 Å². The summed E-state index contributed by atoms with van der Waals surface area (Å²) in [5.74, 6) is 0.0793. The van der Waals surface area contributed by atoms with Crippen molar-refractivity contribution in [3.63, 3.8) is 0 Å². The van der Waals surface area contributed by atoms with Crippen molar-refractivity contribution in [2.45, 2.75) is 13.1 Å². The Morgan fingerprint density at radius 3 is 2.24 bits per heavy atom. The van der Waals surface area contributed by atoms with Gasteiger partial charge in [0.25, 0.3) is 0 Å². The molecule has 0 saturated heterocycles. The lowest BCUT2D eigenvalue weighted by molar-refractivity contribution is 0.479. The maximum atomic E-state index is 14.2. The van der Waals surface area contributed by atoms with E-state index < -0.39 is 7.14 Å². The molecule has 0 unspecified atom stereocenters. The average Bonchev–Trinajstić information content (AvgIpc) is 2.64. The summed E-state index contributed by atoms with van der Waals surface area (Å²) in [5.41, 5.74) is 1.97. The number of hydrogen-bond acceptors (Lipinski definition) is 3. The van der Waals surface area contributed by atoms with Crippen molar-refractivity contribution in [3.8, 4) is 5.75 Å². The zero-order chi connectivity index (χ0) is 17.7. The quantitative estimate of drug-likeness (QED) is 0.650. The monoisotopic (exact) mass is 351 g/mol. The maximum absolute atomic E-state index is 14.2. The SMILES string of the molecule is CCNc1ccccc1C[P@@](=O)(c1ccccc1)c1ccccc1O. The molecule has 0 aliphatic rings. The Hall–Kier alpha value is -2.51. The van der Waals surface area contributed by atoms with E-state index in [2.05, 4.69) is 5.32 Å². The number of anilines is 1. The molecule has 0 radical (unpaired) electrons. The molecule has 0 bridgehead atoms. The van der Waals surface area contributed by atoms with Crippen molar-refractivity contribution in [1.29, 1.82) is 0 Å². The second-order valence-corrected chi connectivity index (χ2v) is 8.70. The van der Waals surface area contributed by atoms with Gasteiger partial charge in [0, 0.05) is 23.7 Å². The van der Waals surface area contributed by atoms with Crippen molar-refractivity contribution in [2.75, 3.05) is 11.9 Å². The fourth-order valence-electron chi connectivity index (χ4n) is 3.01. The Morgan fingerprint density at radius 2 is 1.52 bits per heavy atom. The van der Waals surface area contributed by atoms with Crippen LogP contribution in [0, 0.1) is 0 Å². The minimum atomic E-state index is -3.02. The Balaban J connectivity index is 2.14. The lowest BCUT2D eigenvalue weighted by Crippen LogP contribution is -2.18. The Labute approximate surface area is 148 Å². The molecule has 0 amide bonds. The van der Waals surface area contributed by atoms with Crippen LogP contribution in [0.2, 0.25) is 0 Å². The van der Waals surface area contributed by atoms with E-state index in [0.717, 1.165) is 23.1 Å². The van der Waals surface area contributed by atoms with E-state index in [0.29, 0.717) is 11.5 Å². The third-order valence-electron chi connectivity index (χ3n) is 4.22. The topological polar surface area (TPSA) is 49.3 Å². The number of nitrogens with one attached hydrogen (secondary N) is 1. The molecule has 3 aromatic rings. The van der Waals surface area contributed by atoms with Gasteiger partial charge in [0.05, 0.1) is 5.30 Å². The van der Waals surface area contributed by atoms with E-state index in [-0.39, 0.29) is 5.75 Å². The van der Waals surface area contributed by atoms with Crippen LogP contribution in [0.5, 0.6) is 5.75 Å². The third-order valence-corrected chi connectivity index (χ3v) is 7.30. The molecule has 2 N–H and O–H groups in total. The molecular weight excluding hydrogens is 329 g/mol. The summed E-state index contributed by atoms with van der Waals surface area (Å²) in [7, 11) is -3.02. The van der Waals surface area contributed by atoms with Crippen molar-refractivity contribution in [3.05, 3.63) is 84.4 Å². The lowest BCUT2D eigenvalue weighted by Gasteiger charge is -2.22. The van der Waals surface area contributed by atoms with Crippen molar-refractivity contribution in [1.82, 2.24) is 0 Å². The molecule has 0 spiro atoms. The van der Waals surface area contributed by atoms with Crippen LogP contribution in [0.4, 0.5) is 5.69 Å². The van der Waals surface area contributed by atoms with Gasteiger partial charge in [0.2, 0.25) is 0 Å². The van der Waals surface area contributed by atoms with Crippen LogP contribution < -0.4 is 15.9 Å². The second-order valence-electron chi connectivity index (χ2n) is 5.91. The van der Waals surface area contributed by atoms with Crippen LogP contribution >= 0.6 is 7.14 Å². The highest BCUT2D eigenvalue weighted by Crippen LogP contribution is 2.50. The van der Waals surface area contributed by atoms with E-state index in [1.807, 2.05) is 67.6 Å². The van der Waals surface area contributed by atoms with Crippen LogP contribution in [0.3, 0.4) is 0 Å². The highest BCUT2D eigenvalue weighted by atomic mass is 31.2. The van der Waals surface area contributed by atoms with Gasteiger partial charge >= 0.3 is 0 Å². The van der Waals surface area contributed by atoms with Crippen LogP contribution in [0.1, 0.15) is 12.5 Å². The highest BCUT2D eigenvalue weighted by Gasteiger charge is 2.30. The summed E-state index contributed by atoms with van der Waals surface area (Å²) < 4.78 is 14.2. The molecule has 3 rings (SSSR count). The number of hydrogen-bond donors (Lipinski definition) is 2. The summed E-state index contributed by atoms with van der Waals surface area (Å²) in [5, 5.41) is 15.0. The van der Waals surface area contributed by atoms with Crippen LogP contribution in [0.25, 0.3) is 0 Å². The van der Waals surface area contributed by atoms with E-state index in [4.69, 9.17) is 0 Å². The van der Waals surface area contributed by atoms with E-state index >= 15 is 0 Å².